The topological polar surface area (TPSA) is 108 Å². The SMILES string of the molecule is C=CCOc1c(C)c2c(c3c1C[C@H]1[C@H]4c5c(cc(C)c(OC)c5O)C5(C)C[C@@H]([C@H](C#N)N1[C@H]3CO)N45)OCO2. The summed E-state index contributed by atoms with van der Waals surface area (Å²) in [6, 6.07) is 3.34. The van der Waals surface area contributed by atoms with Crippen molar-refractivity contribution in [2.75, 3.05) is 27.1 Å². The van der Waals surface area contributed by atoms with Crippen molar-refractivity contribution in [3.05, 3.63) is 52.1 Å². The maximum atomic E-state index is 11.6. The highest BCUT2D eigenvalue weighted by Crippen LogP contribution is 2.67. The maximum Gasteiger partial charge on any atom is 0.231 e. The molecule has 9 heteroatoms. The summed E-state index contributed by atoms with van der Waals surface area (Å²) >= 11 is 0. The second kappa shape index (κ2) is 8.28. The fourth-order valence-electron chi connectivity index (χ4n) is 8.35. The third kappa shape index (κ3) is 2.84. The molecule has 0 aromatic heterocycles. The minimum Gasteiger partial charge on any atom is -0.504 e. The molecule has 2 fully saturated rings. The van der Waals surface area contributed by atoms with Gasteiger partial charge in [0.1, 0.15) is 18.4 Å². The van der Waals surface area contributed by atoms with E-state index in [1.807, 2.05) is 13.8 Å². The van der Waals surface area contributed by atoms with Crippen molar-refractivity contribution in [3.8, 4) is 34.8 Å². The number of benzene rings is 2. The van der Waals surface area contributed by atoms with Gasteiger partial charge in [-0.1, -0.05) is 12.7 Å². The van der Waals surface area contributed by atoms with E-state index in [-0.39, 0.29) is 42.8 Å². The van der Waals surface area contributed by atoms with Crippen molar-refractivity contribution >= 4 is 0 Å². The lowest BCUT2D eigenvalue weighted by Gasteiger charge is -2.65. The van der Waals surface area contributed by atoms with Crippen molar-refractivity contribution in [1.82, 2.24) is 9.80 Å². The smallest absolute Gasteiger partial charge is 0.231 e. The van der Waals surface area contributed by atoms with E-state index in [1.165, 1.54) is 0 Å². The molecule has 2 aromatic rings. The Morgan fingerprint density at radius 1 is 1.23 bits per heavy atom. The third-order valence-electron chi connectivity index (χ3n) is 9.72. The minimum atomic E-state index is -0.502. The van der Waals surface area contributed by atoms with E-state index in [0.29, 0.717) is 36.0 Å². The first kappa shape index (κ1) is 24.6. The maximum absolute atomic E-state index is 11.6. The van der Waals surface area contributed by atoms with Gasteiger partial charge in [0.25, 0.3) is 0 Å². The summed E-state index contributed by atoms with van der Waals surface area (Å²) in [5.74, 6) is 2.60. The number of aromatic hydroxyl groups is 1. The predicted octanol–water partition coefficient (Wildman–Crippen LogP) is 3.52. The Kier molecular flexibility index (Phi) is 5.22. The molecule has 9 nitrogen and oxygen atoms in total. The molecule has 0 saturated carbocycles. The number of nitriles is 1. The van der Waals surface area contributed by atoms with Crippen LogP contribution in [0.15, 0.2) is 18.7 Å². The Hall–Kier alpha value is -3.45. The van der Waals surface area contributed by atoms with E-state index >= 15 is 0 Å². The molecule has 0 aliphatic carbocycles. The molecule has 39 heavy (non-hydrogen) atoms. The molecule has 0 spiro atoms. The molecule has 0 bridgehead atoms. The van der Waals surface area contributed by atoms with Gasteiger partial charge in [-0.25, -0.2) is 0 Å². The van der Waals surface area contributed by atoms with Gasteiger partial charge in [0.15, 0.2) is 23.0 Å². The zero-order valence-electron chi connectivity index (χ0n) is 22.7. The fraction of sp³-hybridized carbons (Fsp3) is 0.500. The van der Waals surface area contributed by atoms with Crippen LogP contribution in [0, 0.1) is 25.2 Å². The number of aliphatic hydroxyl groups excluding tert-OH is 1. The van der Waals surface area contributed by atoms with E-state index in [1.54, 1.807) is 13.2 Å². The van der Waals surface area contributed by atoms with Crippen molar-refractivity contribution in [2.24, 2.45) is 0 Å². The Balaban J connectivity index is 1.48. The Labute approximate surface area is 227 Å². The van der Waals surface area contributed by atoms with Gasteiger partial charge in [-0.2, -0.15) is 5.26 Å². The summed E-state index contributed by atoms with van der Waals surface area (Å²) < 4.78 is 23.7. The van der Waals surface area contributed by atoms with Gasteiger partial charge in [-0.05, 0) is 50.8 Å². The summed E-state index contributed by atoms with van der Waals surface area (Å²) in [4.78, 5) is 4.60. The summed E-state index contributed by atoms with van der Waals surface area (Å²) in [5.41, 5.74) is 5.17. The number of ether oxygens (including phenoxy) is 4. The number of methoxy groups -OCH3 is 1. The van der Waals surface area contributed by atoms with Crippen LogP contribution in [-0.4, -0.2) is 65.3 Å². The van der Waals surface area contributed by atoms with Gasteiger partial charge < -0.3 is 29.2 Å². The van der Waals surface area contributed by atoms with Crippen LogP contribution in [0.1, 0.15) is 58.8 Å². The lowest BCUT2D eigenvalue weighted by molar-refractivity contribution is -0.182. The van der Waals surface area contributed by atoms with Crippen LogP contribution in [0.4, 0.5) is 0 Å². The van der Waals surface area contributed by atoms with Crippen LogP contribution < -0.4 is 18.9 Å². The second-order valence-electron chi connectivity index (χ2n) is 11.4. The number of phenolic OH excluding ortho intramolecular Hbond substituents is 1. The number of hydrogen-bond acceptors (Lipinski definition) is 9. The van der Waals surface area contributed by atoms with Crippen molar-refractivity contribution < 1.29 is 29.2 Å². The number of hydrogen-bond donors (Lipinski definition) is 2. The number of phenols is 1. The molecule has 2 saturated heterocycles. The molecule has 204 valence electrons. The summed E-state index contributed by atoms with van der Waals surface area (Å²) in [7, 11) is 1.58. The zero-order valence-corrected chi connectivity index (χ0v) is 22.7. The molecule has 6 atom stereocenters. The fourth-order valence-corrected chi connectivity index (χ4v) is 8.35. The first-order valence-corrected chi connectivity index (χ1v) is 13.5. The summed E-state index contributed by atoms with van der Waals surface area (Å²) in [6.45, 7) is 10.1. The zero-order chi connectivity index (χ0) is 27.4. The van der Waals surface area contributed by atoms with E-state index in [4.69, 9.17) is 18.9 Å². The van der Waals surface area contributed by atoms with E-state index in [2.05, 4.69) is 35.4 Å². The molecular weight excluding hydrogens is 498 g/mol. The van der Waals surface area contributed by atoms with Crippen molar-refractivity contribution in [2.45, 2.75) is 69.4 Å². The molecule has 7 rings (SSSR count). The molecule has 5 heterocycles. The average molecular weight is 532 g/mol. The number of fused-ring (bicyclic) bond motifs is 8. The van der Waals surface area contributed by atoms with Gasteiger partial charge >= 0.3 is 0 Å². The number of nitrogens with zero attached hydrogens (tertiary/aromatic N) is 3. The molecule has 5 aliphatic rings. The molecule has 5 aliphatic heterocycles. The molecule has 2 aromatic carbocycles. The van der Waals surface area contributed by atoms with Crippen LogP contribution in [0.5, 0.6) is 28.7 Å². The second-order valence-corrected chi connectivity index (χ2v) is 11.4. The summed E-state index contributed by atoms with van der Waals surface area (Å²) in [5, 5.41) is 33.1. The van der Waals surface area contributed by atoms with Gasteiger partial charge in [0.2, 0.25) is 6.79 Å². The van der Waals surface area contributed by atoms with Gasteiger partial charge in [-0.3, -0.25) is 9.80 Å². The first-order chi connectivity index (χ1) is 18.8. The first-order valence-electron chi connectivity index (χ1n) is 13.5. The molecular formula is C30H33N3O6. The minimum absolute atomic E-state index is 0.0397. The summed E-state index contributed by atoms with van der Waals surface area (Å²) in [6.07, 6.45) is 3.04. The highest BCUT2D eigenvalue weighted by molar-refractivity contribution is 5.67. The van der Waals surface area contributed by atoms with Gasteiger partial charge in [0.05, 0.1) is 31.9 Å². The van der Waals surface area contributed by atoms with Gasteiger partial charge in [0, 0.05) is 39.9 Å². The molecule has 0 radical (unpaired) electrons. The Bertz CT molecular complexity index is 1470. The van der Waals surface area contributed by atoms with Crippen LogP contribution in [0.25, 0.3) is 0 Å². The highest BCUT2D eigenvalue weighted by Gasteiger charge is 2.69. The number of aryl methyl sites for hydroxylation is 1. The quantitative estimate of drug-likeness (QED) is 0.561. The number of aliphatic hydroxyl groups is 1. The predicted molar refractivity (Wildman–Crippen MR) is 141 cm³/mol. The molecule has 1 unspecified atom stereocenters. The van der Waals surface area contributed by atoms with Gasteiger partial charge in [-0.15, -0.1) is 0 Å². The monoisotopic (exact) mass is 531 g/mol. The van der Waals surface area contributed by atoms with Crippen LogP contribution in [-0.2, 0) is 12.0 Å². The van der Waals surface area contributed by atoms with E-state index < -0.39 is 12.1 Å². The van der Waals surface area contributed by atoms with Crippen molar-refractivity contribution in [1.29, 1.82) is 5.26 Å². The lowest BCUT2D eigenvalue weighted by Crippen LogP contribution is -2.74. The highest BCUT2D eigenvalue weighted by atomic mass is 16.7. The lowest BCUT2D eigenvalue weighted by atomic mass is 9.70. The Morgan fingerprint density at radius 3 is 2.69 bits per heavy atom. The molecule has 0 amide bonds. The number of piperazine rings is 1. The standard InChI is InChI=1S/C30H33N3O6/c1-6-7-37-27-15(3)28-29(39-13-38-28)22-16(27)9-18-24-23-17(8-14(2)26(36-5)25(23)35)30(4)10-19(33(24)30)20(11-31)32(18)21(22)12-34/h6,8,18-21,24,34-35H,1,7,9-10,12-13H2,2-5H3/t18-,19-,20-,21-,24-,30?/m0/s1. The number of rotatable bonds is 5. The largest absolute Gasteiger partial charge is 0.504 e. The van der Waals surface area contributed by atoms with E-state index in [9.17, 15) is 15.5 Å². The van der Waals surface area contributed by atoms with Crippen molar-refractivity contribution in [3.63, 3.8) is 0 Å². The third-order valence-corrected chi connectivity index (χ3v) is 9.72. The Morgan fingerprint density at radius 2 is 2.00 bits per heavy atom. The van der Waals surface area contributed by atoms with Crippen LogP contribution in [0.3, 0.4) is 0 Å². The van der Waals surface area contributed by atoms with Crippen LogP contribution in [0.2, 0.25) is 0 Å². The average Bonchev–Trinajstić information content (AvgIpc) is 3.48. The molecule has 2 N–H and O–H groups in total. The van der Waals surface area contributed by atoms with E-state index in [0.717, 1.165) is 39.8 Å². The normalized spacial score (nSPS) is 31.3. The van der Waals surface area contributed by atoms with Crippen LogP contribution >= 0.6 is 0 Å².